The summed E-state index contributed by atoms with van der Waals surface area (Å²) in [6.45, 7) is 0. The predicted octanol–water partition coefficient (Wildman–Crippen LogP) is 3.31. The van der Waals surface area contributed by atoms with Crippen LogP contribution in [0.3, 0.4) is 0 Å². The molecule has 1 heterocycles. The molecule has 6 nitrogen and oxygen atoms in total. The Kier molecular flexibility index (Phi) is 3.59. The zero-order valence-corrected chi connectivity index (χ0v) is 10.2. The molecule has 0 N–H and O–H groups in total. The summed E-state index contributed by atoms with van der Waals surface area (Å²) in [6, 6.07) is 8.83. The summed E-state index contributed by atoms with van der Waals surface area (Å²) < 4.78 is 5.35. The largest absolute Gasteiger partial charge is 0.449 e. The number of hydrogen-bond acceptors (Lipinski definition) is 5. The van der Waals surface area contributed by atoms with Crippen LogP contribution < -0.4 is 4.74 Å². The van der Waals surface area contributed by atoms with Gasteiger partial charge >= 0.3 is 5.69 Å². The van der Waals surface area contributed by atoms with Crippen LogP contribution >= 0.6 is 11.6 Å². The minimum absolute atomic E-state index is 0.0353. The average molecular weight is 276 g/mol. The molecule has 0 aliphatic carbocycles. The first-order valence-electron chi connectivity index (χ1n) is 5.08. The van der Waals surface area contributed by atoms with Gasteiger partial charge in [-0.2, -0.15) is 5.26 Å². The van der Waals surface area contributed by atoms with E-state index in [1.165, 1.54) is 30.5 Å². The average Bonchev–Trinajstić information content (AvgIpc) is 2.41. The first-order valence-corrected chi connectivity index (χ1v) is 5.46. The molecule has 0 amide bonds. The quantitative estimate of drug-likeness (QED) is 0.487. The van der Waals surface area contributed by atoms with Crippen molar-refractivity contribution >= 4 is 17.3 Å². The van der Waals surface area contributed by atoms with Crippen LogP contribution in [0.25, 0.3) is 0 Å². The molecule has 7 heteroatoms. The number of benzene rings is 1. The molecular weight excluding hydrogens is 270 g/mol. The zero-order valence-electron chi connectivity index (χ0n) is 9.41. The summed E-state index contributed by atoms with van der Waals surface area (Å²) in [5, 5.41) is 19.9. The van der Waals surface area contributed by atoms with Crippen LogP contribution in [0.2, 0.25) is 5.15 Å². The third-order valence-corrected chi connectivity index (χ3v) is 2.44. The van der Waals surface area contributed by atoms with E-state index < -0.39 is 4.92 Å². The van der Waals surface area contributed by atoms with Crippen molar-refractivity contribution in [2.45, 2.75) is 0 Å². The van der Waals surface area contributed by atoms with Gasteiger partial charge in [0.05, 0.1) is 22.8 Å². The van der Waals surface area contributed by atoms with Gasteiger partial charge in [-0.25, -0.2) is 4.98 Å². The van der Waals surface area contributed by atoms with Crippen molar-refractivity contribution in [3.63, 3.8) is 0 Å². The second-order valence-corrected chi connectivity index (χ2v) is 3.86. The molecule has 94 valence electrons. The highest BCUT2D eigenvalue weighted by Gasteiger charge is 2.16. The lowest BCUT2D eigenvalue weighted by molar-refractivity contribution is -0.385. The standard InChI is InChI=1S/C12H6ClN3O3/c13-12-4-2-9(7-15-12)19-11-3-1-8(6-14)5-10(11)16(17)18/h1-5,7H. The van der Waals surface area contributed by atoms with Crippen LogP contribution in [0.5, 0.6) is 11.5 Å². The molecule has 1 aromatic heterocycles. The Morgan fingerprint density at radius 2 is 2.16 bits per heavy atom. The van der Waals surface area contributed by atoms with E-state index >= 15 is 0 Å². The fourth-order valence-corrected chi connectivity index (χ4v) is 1.48. The van der Waals surface area contributed by atoms with E-state index in [1.807, 2.05) is 6.07 Å². The Hall–Kier alpha value is -2.65. The summed E-state index contributed by atoms with van der Waals surface area (Å²) in [4.78, 5) is 14.1. The SMILES string of the molecule is N#Cc1ccc(Oc2ccc(Cl)nc2)c([N+](=O)[O-])c1. The molecule has 0 aliphatic rings. The maximum Gasteiger partial charge on any atom is 0.312 e. The summed E-state index contributed by atoms with van der Waals surface area (Å²) in [5.41, 5.74) is -0.0951. The maximum absolute atomic E-state index is 10.9. The Labute approximate surface area is 113 Å². The number of hydrogen-bond donors (Lipinski definition) is 0. The molecule has 0 atom stereocenters. The monoisotopic (exact) mass is 275 g/mol. The van der Waals surface area contributed by atoms with Crippen molar-refractivity contribution in [3.8, 4) is 17.6 Å². The van der Waals surface area contributed by atoms with Gasteiger partial charge < -0.3 is 4.74 Å². The number of nitriles is 1. The van der Waals surface area contributed by atoms with Crippen LogP contribution in [0.4, 0.5) is 5.69 Å². The lowest BCUT2D eigenvalue weighted by atomic mass is 10.2. The van der Waals surface area contributed by atoms with E-state index in [9.17, 15) is 10.1 Å². The Morgan fingerprint density at radius 1 is 1.37 bits per heavy atom. The summed E-state index contributed by atoms with van der Waals surface area (Å²) in [5.74, 6) is 0.352. The molecule has 2 rings (SSSR count). The highest BCUT2D eigenvalue weighted by molar-refractivity contribution is 6.29. The lowest BCUT2D eigenvalue weighted by Crippen LogP contribution is -1.94. The number of ether oxygens (including phenoxy) is 1. The Bertz CT molecular complexity index is 665. The van der Waals surface area contributed by atoms with Crippen LogP contribution in [0, 0.1) is 21.4 Å². The molecule has 0 saturated carbocycles. The zero-order chi connectivity index (χ0) is 13.8. The molecule has 0 radical (unpaired) electrons. The molecular formula is C12H6ClN3O3. The van der Waals surface area contributed by atoms with Gasteiger partial charge in [0.25, 0.3) is 0 Å². The van der Waals surface area contributed by atoms with Crippen LogP contribution in [-0.4, -0.2) is 9.91 Å². The van der Waals surface area contributed by atoms with E-state index in [0.717, 1.165) is 6.07 Å². The van der Waals surface area contributed by atoms with E-state index in [-0.39, 0.29) is 17.0 Å². The van der Waals surface area contributed by atoms with Gasteiger partial charge in [0, 0.05) is 6.07 Å². The van der Waals surface area contributed by atoms with Crippen molar-refractivity contribution in [1.82, 2.24) is 4.98 Å². The summed E-state index contributed by atoms with van der Waals surface area (Å²) in [7, 11) is 0. The van der Waals surface area contributed by atoms with Crippen LogP contribution in [-0.2, 0) is 0 Å². The summed E-state index contributed by atoms with van der Waals surface area (Å²) in [6.07, 6.45) is 1.35. The van der Waals surface area contributed by atoms with E-state index in [4.69, 9.17) is 21.6 Å². The first kappa shape index (κ1) is 12.8. The number of pyridine rings is 1. The number of rotatable bonds is 3. The number of halogens is 1. The number of nitrogens with zero attached hydrogens (tertiary/aromatic N) is 3. The van der Waals surface area contributed by atoms with Gasteiger partial charge in [0.15, 0.2) is 0 Å². The number of aromatic nitrogens is 1. The van der Waals surface area contributed by atoms with Crippen molar-refractivity contribution in [1.29, 1.82) is 5.26 Å². The van der Waals surface area contributed by atoms with Crippen molar-refractivity contribution < 1.29 is 9.66 Å². The predicted molar refractivity (Wildman–Crippen MR) is 67.1 cm³/mol. The van der Waals surface area contributed by atoms with Crippen LogP contribution in [0.15, 0.2) is 36.5 Å². The normalized spacial score (nSPS) is 9.68. The third kappa shape index (κ3) is 2.97. The van der Waals surface area contributed by atoms with Gasteiger partial charge in [-0.05, 0) is 24.3 Å². The van der Waals surface area contributed by atoms with Gasteiger partial charge in [0.2, 0.25) is 5.75 Å². The minimum Gasteiger partial charge on any atom is -0.449 e. The molecule has 0 fully saturated rings. The van der Waals surface area contributed by atoms with Crippen molar-refractivity contribution in [3.05, 3.63) is 57.4 Å². The summed E-state index contributed by atoms with van der Waals surface area (Å²) >= 11 is 5.63. The fraction of sp³-hybridized carbons (Fsp3) is 0. The van der Waals surface area contributed by atoms with E-state index in [2.05, 4.69) is 4.98 Å². The Balaban J connectivity index is 2.37. The van der Waals surface area contributed by atoms with Gasteiger partial charge in [-0.15, -0.1) is 0 Å². The highest BCUT2D eigenvalue weighted by Crippen LogP contribution is 2.31. The van der Waals surface area contributed by atoms with Crippen LogP contribution in [0.1, 0.15) is 5.56 Å². The second kappa shape index (κ2) is 5.33. The lowest BCUT2D eigenvalue weighted by Gasteiger charge is -2.05. The van der Waals surface area contributed by atoms with E-state index in [0.29, 0.717) is 10.9 Å². The van der Waals surface area contributed by atoms with Crippen molar-refractivity contribution in [2.24, 2.45) is 0 Å². The van der Waals surface area contributed by atoms with Gasteiger partial charge in [-0.1, -0.05) is 11.6 Å². The fourth-order valence-electron chi connectivity index (χ4n) is 1.37. The second-order valence-electron chi connectivity index (χ2n) is 3.47. The molecule has 0 bridgehead atoms. The molecule has 2 aromatic rings. The maximum atomic E-state index is 10.9. The van der Waals surface area contributed by atoms with E-state index in [1.54, 1.807) is 0 Å². The topological polar surface area (TPSA) is 89.0 Å². The van der Waals surface area contributed by atoms with Gasteiger partial charge in [-0.3, -0.25) is 10.1 Å². The third-order valence-electron chi connectivity index (χ3n) is 2.21. The smallest absolute Gasteiger partial charge is 0.312 e. The minimum atomic E-state index is -0.612. The van der Waals surface area contributed by atoms with Gasteiger partial charge in [0.1, 0.15) is 10.9 Å². The molecule has 0 spiro atoms. The number of nitro benzene ring substituents is 1. The first-order chi connectivity index (χ1) is 9.10. The molecule has 0 aliphatic heterocycles. The molecule has 0 unspecified atom stereocenters. The van der Waals surface area contributed by atoms with Crippen molar-refractivity contribution in [2.75, 3.05) is 0 Å². The number of nitro groups is 1. The molecule has 1 aromatic carbocycles. The molecule has 0 saturated heterocycles. The Morgan fingerprint density at radius 3 is 2.74 bits per heavy atom. The molecule has 19 heavy (non-hydrogen) atoms. The highest BCUT2D eigenvalue weighted by atomic mass is 35.5.